The van der Waals surface area contributed by atoms with Crippen LogP contribution in [0.15, 0.2) is 23.8 Å². The topological polar surface area (TPSA) is 248 Å². The molecule has 17 nitrogen and oxygen atoms in total. The largest absolute Gasteiger partial charge is 0.395 e. The van der Waals surface area contributed by atoms with Gasteiger partial charge in [0.15, 0.2) is 35.0 Å². The van der Waals surface area contributed by atoms with Crippen LogP contribution in [0.1, 0.15) is 18.0 Å². The highest BCUT2D eigenvalue weighted by molar-refractivity contribution is 8.07. The minimum absolute atomic E-state index is 0.0440. The van der Waals surface area contributed by atoms with Crippen LogP contribution in [-0.2, 0) is 25.6 Å². The Labute approximate surface area is 248 Å². The quantitative estimate of drug-likeness (QED) is 0.126. The van der Waals surface area contributed by atoms with E-state index in [1.807, 2.05) is 0 Å². The standard InChI is InChI=1S/C21H25F2N10O7PS2/c22-3-21(4-34)1-8(19(43-21)33-7-29-12-16(33)30-20(25)31-17(12)36)40-41(37,42)38-2-9-13(35)10(23)18(39-9)32-6-28-11-14(24)26-5-27-15(11)32/h5-10,13,18-19,34-35H,1-4H2,(H,37,42)(H2,24,26,27)(H3,25,30,31,36)/t8-,9-,10+,13-,18-,19-,21-,41?/m1/s1. The molecule has 22 heteroatoms. The number of hydrogen-bond donors (Lipinski definition) is 6. The number of imidazole rings is 2. The van der Waals surface area contributed by atoms with Crippen LogP contribution in [0.2, 0.25) is 0 Å². The van der Waals surface area contributed by atoms with Crippen LogP contribution in [0.4, 0.5) is 20.5 Å². The summed E-state index contributed by atoms with van der Waals surface area (Å²) < 4.78 is 47.6. The van der Waals surface area contributed by atoms with Crippen LogP contribution in [0.5, 0.6) is 0 Å². The molecule has 43 heavy (non-hydrogen) atoms. The lowest BCUT2D eigenvalue weighted by Crippen LogP contribution is -2.32. The number of fused-ring (bicyclic) bond motifs is 2. The lowest BCUT2D eigenvalue weighted by Gasteiger charge is -2.26. The molecule has 4 aromatic rings. The molecular formula is C21H25F2N10O7PS2. The van der Waals surface area contributed by atoms with Gasteiger partial charge in [-0.1, -0.05) is 0 Å². The smallest absolute Gasteiger partial charge is 0.324 e. The van der Waals surface area contributed by atoms with Crippen LogP contribution in [-0.4, -0.2) is 103 Å². The zero-order valence-electron chi connectivity index (χ0n) is 21.8. The first-order chi connectivity index (χ1) is 20.5. The van der Waals surface area contributed by atoms with E-state index in [0.717, 1.165) is 11.8 Å². The molecule has 0 bridgehead atoms. The molecule has 0 radical (unpaired) electrons. The predicted octanol–water partition coefficient (Wildman–Crippen LogP) is -0.325. The number of nitrogen functional groups attached to an aromatic ring is 2. The van der Waals surface area contributed by atoms with Crippen LogP contribution in [0, 0.1) is 0 Å². The van der Waals surface area contributed by atoms with Gasteiger partial charge in [0.25, 0.3) is 5.56 Å². The highest BCUT2D eigenvalue weighted by Crippen LogP contribution is 2.57. The van der Waals surface area contributed by atoms with E-state index in [-0.39, 0.29) is 40.5 Å². The highest BCUT2D eigenvalue weighted by Gasteiger charge is 2.51. The summed E-state index contributed by atoms with van der Waals surface area (Å²) in [4.78, 5) is 45.7. The Balaban J connectivity index is 1.20. The van der Waals surface area contributed by atoms with Gasteiger partial charge in [0, 0.05) is 0 Å². The first kappa shape index (κ1) is 30.2. The number of anilines is 2. The van der Waals surface area contributed by atoms with Crippen molar-refractivity contribution in [2.24, 2.45) is 0 Å². The van der Waals surface area contributed by atoms with Gasteiger partial charge in [-0.25, -0.2) is 28.7 Å². The molecule has 2 fully saturated rings. The molecule has 2 aliphatic rings. The maximum atomic E-state index is 15.2. The lowest BCUT2D eigenvalue weighted by atomic mass is 10.0. The van der Waals surface area contributed by atoms with E-state index in [9.17, 15) is 24.3 Å². The molecule has 8 atom stereocenters. The fraction of sp³-hybridized carbons (Fsp3) is 0.524. The number of hydrogen-bond acceptors (Lipinski definition) is 15. The van der Waals surface area contributed by atoms with E-state index in [2.05, 4.69) is 29.9 Å². The summed E-state index contributed by atoms with van der Waals surface area (Å²) in [5.41, 5.74) is 11.3. The van der Waals surface area contributed by atoms with E-state index in [4.69, 9.17) is 37.1 Å². The molecule has 1 unspecified atom stereocenters. The van der Waals surface area contributed by atoms with Gasteiger partial charge in [-0.15, -0.1) is 11.8 Å². The summed E-state index contributed by atoms with van der Waals surface area (Å²) in [5, 5.41) is 19.6. The first-order valence-electron chi connectivity index (χ1n) is 12.6. The summed E-state index contributed by atoms with van der Waals surface area (Å²) in [6, 6.07) is 0. The predicted molar refractivity (Wildman–Crippen MR) is 151 cm³/mol. The average molecular weight is 663 g/mol. The van der Waals surface area contributed by atoms with Crippen LogP contribution >= 0.6 is 18.5 Å². The number of aromatic amines is 1. The van der Waals surface area contributed by atoms with E-state index in [1.54, 1.807) is 0 Å². The third-order valence-electron chi connectivity index (χ3n) is 7.14. The zero-order chi connectivity index (χ0) is 30.7. The molecule has 0 spiro atoms. The Morgan fingerprint density at radius 3 is 2.72 bits per heavy atom. The Kier molecular flexibility index (Phi) is 7.88. The van der Waals surface area contributed by atoms with E-state index < -0.39 is 73.0 Å². The molecule has 4 aromatic heterocycles. The van der Waals surface area contributed by atoms with E-state index >= 15 is 4.39 Å². The van der Waals surface area contributed by atoms with Crippen molar-refractivity contribution in [3.8, 4) is 0 Å². The minimum Gasteiger partial charge on any atom is -0.395 e. The number of nitrogens with two attached hydrogens (primary N) is 2. The second-order valence-corrected chi connectivity index (χ2v) is 14.3. The van der Waals surface area contributed by atoms with Gasteiger partial charge in [-0.05, 0) is 18.2 Å². The van der Waals surface area contributed by atoms with Gasteiger partial charge in [0.1, 0.15) is 36.1 Å². The van der Waals surface area contributed by atoms with Crippen molar-refractivity contribution >= 4 is 64.4 Å². The maximum Gasteiger partial charge on any atom is 0.324 e. The molecule has 0 saturated carbocycles. The summed E-state index contributed by atoms with van der Waals surface area (Å²) in [7, 11) is 0. The second-order valence-electron chi connectivity index (χ2n) is 9.95. The summed E-state index contributed by atoms with van der Waals surface area (Å²) in [5.74, 6) is -0.111. The van der Waals surface area contributed by atoms with Gasteiger partial charge in [-0.3, -0.25) is 18.9 Å². The third kappa shape index (κ3) is 5.38. The third-order valence-corrected chi connectivity index (χ3v) is 10.4. The number of aromatic nitrogens is 8. The summed E-state index contributed by atoms with van der Waals surface area (Å²) in [6.45, 7) is -6.27. The molecule has 6 rings (SSSR count). The number of nitrogens with zero attached hydrogens (tertiary/aromatic N) is 7. The van der Waals surface area contributed by atoms with Crippen LogP contribution < -0.4 is 17.0 Å². The van der Waals surface area contributed by atoms with Gasteiger partial charge in [-0.2, -0.15) is 4.98 Å². The minimum atomic E-state index is -4.16. The van der Waals surface area contributed by atoms with Crippen LogP contribution in [0.25, 0.3) is 22.3 Å². The average Bonchev–Trinajstić information content (AvgIpc) is 3.73. The SMILES string of the molecule is Nc1nc2c(ncn2[C@@H]2S[C@@](CO)(CF)C[C@H]2OP(O)(=S)OC[C@H]2O[C@@H](n3cnc4c(N)ncnc43)[C@@H](F)[C@@H]2O)c(=O)[nH]1. The number of halogens is 2. The van der Waals surface area contributed by atoms with Gasteiger partial charge in [0.2, 0.25) is 5.95 Å². The molecule has 6 heterocycles. The molecule has 232 valence electrons. The monoisotopic (exact) mass is 662 g/mol. The van der Waals surface area contributed by atoms with Crippen molar-refractivity contribution in [3.63, 3.8) is 0 Å². The van der Waals surface area contributed by atoms with E-state index in [1.165, 1.54) is 28.1 Å². The Hall–Kier alpha value is -2.88. The van der Waals surface area contributed by atoms with Gasteiger partial charge in [0.05, 0.1) is 36.7 Å². The number of rotatable bonds is 9. The second kappa shape index (κ2) is 11.2. The van der Waals surface area contributed by atoms with Crippen molar-refractivity contribution in [2.75, 3.05) is 31.4 Å². The number of alkyl halides is 2. The number of thioether (sulfide) groups is 1. The Bertz CT molecular complexity index is 1770. The molecule has 0 aromatic carbocycles. The zero-order valence-corrected chi connectivity index (χ0v) is 24.3. The number of aliphatic hydroxyl groups is 2. The number of H-pyrrole nitrogens is 1. The Morgan fingerprint density at radius 2 is 1.98 bits per heavy atom. The lowest BCUT2D eigenvalue weighted by molar-refractivity contribution is -0.0451. The molecule has 0 amide bonds. The van der Waals surface area contributed by atoms with Gasteiger partial charge >= 0.3 is 6.72 Å². The molecule has 2 saturated heterocycles. The van der Waals surface area contributed by atoms with E-state index in [0.29, 0.717) is 0 Å². The first-order valence-corrected chi connectivity index (χ1v) is 16.1. The Morgan fingerprint density at radius 1 is 1.23 bits per heavy atom. The summed E-state index contributed by atoms with van der Waals surface area (Å²) in [6.07, 6.45) is -3.77. The van der Waals surface area contributed by atoms with Crippen molar-refractivity contribution in [1.29, 1.82) is 0 Å². The van der Waals surface area contributed by atoms with Crippen molar-refractivity contribution in [3.05, 3.63) is 29.3 Å². The van der Waals surface area contributed by atoms with Crippen molar-refractivity contribution in [1.82, 2.24) is 39.0 Å². The van der Waals surface area contributed by atoms with Gasteiger partial charge < -0.3 is 40.4 Å². The molecule has 0 aliphatic carbocycles. The maximum absolute atomic E-state index is 15.2. The molecular weight excluding hydrogens is 637 g/mol. The molecule has 8 N–H and O–H groups in total. The highest BCUT2D eigenvalue weighted by atomic mass is 32.5. The van der Waals surface area contributed by atoms with Crippen molar-refractivity contribution in [2.45, 2.75) is 47.3 Å². The number of nitrogens with one attached hydrogen (secondary N) is 1. The van der Waals surface area contributed by atoms with Crippen LogP contribution in [0.3, 0.4) is 0 Å². The summed E-state index contributed by atoms with van der Waals surface area (Å²) >= 11 is 6.18. The number of ether oxygens (including phenoxy) is 1. The molecule has 2 aliphatic heterocycles. The fourth-order valence-electron chi connectivity index (χ4n) is 5.02. The van der Waals surface area contributed by atoms with Crippen molar-refractivity contribution < 1.29 is 37.7 Å². The number of aliphatic hydroxyl groups excluding tert-OH is 2. The fourth-order valence-corrected chi connectivity index (χ4v) is 8.03. The normalized spacial score (nSPS) is 30.8.